The van der Waals surface area contributed by atoms with E-state index in [0.717, 1.165) is 17.8 Å². The molecule has 1 saturated heterocycles. The normalized spacial score (nSPS) is 17.6. The highest BCUT2D eigenvalue weighted by Crippen LogP contribution is 2.30. The summed E-state index contributed by atoms with van der Waals surface area (Å²) in [6, 6.07) is 9.80. The Morgan fingerprint density at radius 2 is 2.07 bits per heavy atom. The molecule has 0 saturated carbocycles. The van der Waals surface area contributed by atoms with Crippen LogP contribution in [0.4, 0.5) is 0 Å². The number of nitrogens with zero attached hydrogens (tertiary/aromatic N) is 2. The lowest BCUT2D eigenvalue weighted by atomic mass is 9.98. The lowest BCUT2D eigenvalue weighted by molar-refractivity contribution is 0.0673. The first-order valence-electron chi connectivity index (χ1n) is 9.07. The van der Waals surface area contributed by atoms with E-state index in [9.17, 15) is 13.2 Å². The van der Waals surface area contributed by atoms with Crippen molar-refractivity contribution in [3.8, 4) is 0 Å². The number of amides is 1. The molecule has 3 heterocycles. The monoisotopic (exact) mass is 416 g/mol. The molecule has 8 heteroatoms. The van der Waals surface area contributed by atoms with Gasteiger partial charge in [0.05, 0.1) is 21.9 Å². The maximum absolute atomic E-state index is 13.0. The van der Waals surface area contributed by atoms with Crippen molar-refractivity contribution in [2.45, 2.75) is 29.4 Å². The van der Waals surface area contributed by atoms with Crippen LogP contribution in [0.5, 0.6) is 0 Å². The number of aromatic nitrogens is 1. The number of likely N-dealkylation sites (tertiary alicyclic amines) is 1. The van der Waals surface area contributed by atoms with E-state index in [0.29, 0.717) is 18.7 Å². The largest absolute Gasteiger partial charge is 0.459 e. The number of piperidine rings is 1. The van der Waals surface area contributed by atoms with Crippen LogP contribution in [-0.2, 0) is 15.6 Å². The van der Waals surface area contributed by atoms with Crippen LogP contribution in [0.15, 0.2) is 63.6 Å². The average molecular weight is 417 g/mol. The predicted molar refractivity (Wildman–Crippen MR) is 106 cm³/mol. The van der Waals surface area contributed by atoms with Gasteiger partial charge in [-0.05, 0) is 31.0 Å². The maximum atomic E-state index is 13.0. The number of hydrogen-bond donors (Lipinski definition) is 0. The van der Waals surface area contributed by atoms with Crippen molar-refractivity contribution in [3.63, 3.8) is 0 Å². The van der Waals surface area contributed by atoms with Gasteiger partial charge in [0.25, 0.3) is 5.91 Å². The minimum absolute atomic E-state index is 0.110. The highest BCUT2D eigenvalue weighted by molar-refractivity contribution is 7.90. The van der Waals surface area contributed by atoms with Gasteiger partial charge in [-0.15, -0.1) is 11.3 Å². The van der Waals surface area contributed by atoms with E-state index in [1.54, 1.807) is 58.8 Å². The van der Waals surface area contributed by atoms with Gasteiger partial charge in [0.15, 0.2) is 15.6 Å². The molecule has 1 aliphatic heterocycles. The third-order valence-corrected chi connectivity index (χ3v) is 7.52. The molecular weight excluding hydrogens is 396 g/mol. The molecule has 3 aromatic rings. The van der Waals surface area contributed by atoms with Gasteiger partial charge in [0.2, 0.25) is 0 Å². The van der Waals surface area contributed by atoms with E-state index in [2.05, 4.69) is 4.98 Å². The molecule has 6 nitrogen and oxygen atoms in total. The Kier molecular flexibility index (Phi) is 5.32. The summed E-state index contributed by atoms with van der Waals surface area (Å²) in [6.07, 6.45) is 5.03. The molecule has 2 aromatic heterocycles. The molecule has 1 unspecified atom stereocenters. The first-order chi connectivity index (χ1) is 13.5. The van der Waals surface area contributed by atoms with E-state index >= 15 is 0 Å². The van der Waals surface area contributed by atoms with Gasteiger partial charge in [-0.3, -0.25) is 4.79 Å². The van der Waals surface area contributed by atoms with Gasteiger partial charge >= 0.3 is 0 Å². The summed E-state index contributed by atoms with van der Waals surface area (Å²) in [5.74, 6) is -0.203. The number of rotatable bonds is 5. The Hall–Kier alpha value is -2.45. The van der Waals surface area contributed by atoms with Crippen molar-refractivity contribution in [2.24, 2.45) is 0 Å². The summed E-state index contributed by atoms with van der Waals surface area (Å²) in [6.45, 7) is 1.20. The fourth-order valence-corrected chi connectivity index (χ4v) is 5.64. The van der Waals surface area contributed by atoms with E-state index in [-0.39, 0.29) is 28.2 Å². The summed E-state index contributed by atoms with van der Waals surface area (Å²) in [5.41, 5.74) is 0.394. The zero-order valence-electron chi connectivity index (χ0n) is 15.2. The second-order valence-corrected chi connectivity index (χ2v) is 9.72. The molecule has 0 radical (unpaired) electrons. The van der Waals surface area contributed by atoms with E-state index in [1.165, 1.54) is 6.26 Å². The van der Waals surface area contributed by atoms with Crippen molar-refractivity contribution < 1.29 is 17.6 Å². The average Bonchev–Trinajstić information content (AvgIpc) is 3.40. The molecule has 28 heavy (non-hydrogen) atoms. The Morgan fingerprint density at radius 3 is 2.82 bits per heavy atom. The standard InChI is InChI=1S/C20H20N2O4S2/c23-20(22-10-4-5-15(13-22)19-21-9-12-27-19)18-16(8-11-26-18)14-28(24,25)17-6-2-1-3-7-17/h1-3,6-9,11-12,15H,4-5,10,13-14H2. The fraction of sp³-hybridized carbons (Fsp3) is 0.300. The summed E-state index contributed by atoms with van der Waals surface area (Å²) in [7, 11) is -3.56. The van der Waals surface area contributed by atoms with Gasteiger partial charge in [-0.2, -0.15) is 0 Å². The van der Waals surface area contributed by atoms with Crippen molar-refractivity contribution in [2.75, 3.05) is 13.1 Å². The minimum atomic E-state index is -3.56. The van der Waals surface area contributed by atoms with Gasteiger partial charge in [-0.1, -0.05) is 18.2 Å². The van der Waals surface area contributed by atoms with Crippen LogP contribution in [-0.4, -0.2) is 37.3 Å². The molecule has 1 aromatic carbocycles. The minimum Gasteiger partial charge on any atom is -0.459 e. The number of benzene rings is 1. The topological polar surface area (TPSA) is 80.5 Å². The van der Waals surface area contributed by atoms with Gasteiger partial charge in [-0.25, -0.2) is 13.4 Å². The molecule has 0 bridgehead atoms. The first-order valence-corrected chi connectivity index (χ1v) is 11.6. The van der Waals surface area contributed by atoms with Crippen molar-refractivity contribution >= 4 is 27.1 Å². The Bertz CT molecular complexity index is 1040. The Morgan fingerprint density at radius 1 is 1.25 bits per heavy atom. The van der Waals surface area contributed by atoms with Crippen molar-refractivity contribution in [1.29, 1.82) is 0 Å². The molecule has 1 amide bonds. The first kappa shape index (κ1) is 18.9. The van der Waals surface area contributed by atoms with E-state index < -0.39 is 9.84 Å². The van der Waals surface area contributed by atoms with Crippen LogP contribution in [0, 0.1) is 0 Å². The summed E-state index contributed by atoms with van der Waals surface area (Å²) in [5, 5.41) is 2.97. The number of furan rings is 1. The predicted octanol–water partition coefficient (Wildman–Crippen LogP) is 3.73. The van der Waals surface area contributed by atoms with Crippen LogP contribution >= 0.6 is 11.3 Å². The molecule has 1 fully saturated rings. The summed E-state index contributed by atoms with van der Waals surface area (Å²) >= 11 is 1.60. The quantitative estimate of drug-likeness (QED) is 0.633. The molecule has 0 spiro atoms. The number of sulfone groups is 1. The Balaban J connectivity index is 1.53. The number of hydrogen-bond acceptors (Lipinski definition) is 6. The highest BCUT2D eigenvalue weighted by atomic mass is 32.2. The smallest absolute Gasteiger partial charge is 0.289 e. The van der Waals surface area contributed by atoms with Crippen molar-refractivity contribution in [3.05, 3.63) is 70.6 Å². The second-order valence-electron chi connectivity index (χ2n) is 6.81. The maximum Gasteiger partial charge on any atom is 0.289 e. The van der Waals surface area contributed by atoms with E-state index in [4.69, 9.17) is 4.42 Å². The van der Waals surface area contributed by atoms with Crippen LogP contribution in [0.25, 0.3) is 0 Å². The second kappa shape index (κ2) is 7.89. The lowest BCUT2D eigenvalue weighted by Gasteiger charge is -2.31. The van der Waals surface area contributed by atoms with Gasteiger partial charge in [0.1, 0.15) is 0 Å². The van der Waals surface area contributed by atoms with Crippen LogP contribution in [0.2, 0.25) is 0 Å². The molecule has 0 aliphatic carbocycles. The number of thiazole rings is 1. The molecule has 4 rings (SSSR count). The number of carbonyl (C=O) groups excluding carboxylic acids is 1. The highest BCUT2D eigenvalue weighted by Gasteiger charge is 2.30. The molecule has 0 N–H and O–H groups in total. The zero-order valence-corrected chi connectivity index (χ0v) is 16.8. The third-order valence-electron chi connectivity index (χ3n) is 4.90. The number of carbonyl (C=O) groups is 1. The molecule has 1 atom stereocenters. The molecular formula is C20H20N2O4S2. The molecule has 1 aliphatic rings. The molecule has 146 valence electrons. The summed E-state index contributed by atoms with van der Waals surface area (Å²) in [4.78, 5) is 19.4. The van der Waals surface area contributed by atoms with Gasteiger partial charge in [0, 0.05) is 36.1 Å². The fourth-order valence-electron chi connectivity index (χ4n) is 3.50. The summed E-state index contributed by atoms with van der Waals surface area (Å²) < 4.78 is 30.8. The van der Waals surface area contributed by atoms with Crippen LogP contribution < -0.4 is 0 Å². The SMILES string of the molecule is O=C(c1occc1CS(=O)(=O)c1ccccc1)N1CCCC(c2nccs2)C1. The lowest BCUT2D eigenvalue weighted by Crippen LogP contribution is -2.39. The van der Waals surface area contributed by atoms with E-state index in [1.807, 2.05) is 5.38 Å². The Labute approximate surface area is 167 Å². The van der Waals surface area contributed by atoms with Crippen LogP contribution in [0.3, 0.4) is 0 Å². The zero-order chi connectivity index (χ0) is 19.6. The van der Waals surface area contributed by atoms with Crippen molar-refractivity contribution in [1.82, 2.24) is 9.88 Å². The van der Waals surface area contributed by atoms with Gasteiger partial charge < -0.3 is 9.32 Å². The van der Waals surface area contributed by atoms with Crippen LogP contribution in [0.1, 0.15) is 39.9 Å². The third kappa shape index (κ3) is 3.88.